The van der Waals surface area contributed by atoms with Crippen LogP contribution in [0.3, 0.4) is 0 Å². The van der Waals surface area contributed by atoms with Crippen LogP contribution in [0.25, 0.3) is 0 Å². The minimum Gasteiger partial charge on any atom is -0.399 e. The van der Waals surface area contributed by atoms with Gasteiger partial charge in [-0.3, -0.25) is 0 Å². The fourth-order valence-corrected chi connectivity index (χ4v) is 3.14. The van der Waals surface area contributed by atoms with E-state index < -0.39 is 0 Å². The van der Waals surface area contributed by atoms with Crippen molar-refractivity contribution in [3.8, 4) is 0 Å². The average molecular weight is 275 g/mol. The molecular formula is C12H16Cl2N2O. The maximum absolute atomic E-state index is 9.45. The van der Waals surface area contributed by atoms with E-state index in [1.165, 1.54) is 0 Å². The van der Waals surface area contributed by atoms with Gasteiger partial charge in [-0.05, 0) is 24.5 Å². The first-order chi connectivity index (χ1) is 8.04. The summed E-state index contributed by atoms with van der Waals surface area (Å²) >= 11 is 12.4. The molecule has 3 N–H and O–H groups in total. The van der Waals surface area contributed by atoms with E-state index in [4.69, 9.17) is 28.9 Å². The van der Waals surface area contributed by atoms with E-state index in [0.29, 0.717) is 21.7 Å². The first kappa shape index (κ1) is 12.8. The molecule has 0 aromatic heterocycles. The van der Waals surface area contributed by atoms with Crippen LogP contribution < -0.4 is 10.6 Å². The number of aliphatic hydroxyl groups is 1. The molecule has 1 aromatic carbocycles. The Morgan fingerprint density at radius 3 is 2.53 bits per heavy atom. The first-order valence-corrected chi connectivity index (χ1v) is 6.42. The van der Waals surface area contributed by atoms with Gasteiger partial charge in [0, 0.05) is 12.2 Å². The van der Waals surface area contributed by atoms with E-state index >= 15 is 0 Å². The summed E-state index contributed by atoms with van der Waals surface area (Å²) in [5.41, 5.74) is 7.02. The van der Waals surface area contributed by atoms with Crippen LogP contribution in [0.5, 0.6) is 0 Å². The van der Waals surface area contributed by atoms with Gasteiger partial charge in [0.2, 0.25) is 0 Å². The van der Waals surface area contributed by atoms with Crippen LogP contribution in [0.1, 0.15) is 13.3 Å². The third-order valence-electron chi connectivity index (χ3n) is 3.40. The molecule has 1 heterocycles. The molecule has 17 heavy (non-hydrogen) atoms. The molecule has 1 aliphatic heterocycles. The van der Waals surface area contributed by atoms with Crippen LogP contribution in [0.15, 0.2) is 12.1 Å². The van der Waals surface area contributed by atoms with Gasteiger partial charge in [0.1, 0.15) is 0 Å². The first-order valence-electron chi connectivity index (χ1n) is 5.66. The van der Waals surface area contributed by atoms with Crippen molar-refractivity contribution in [2.45, 2.75) is 19.4 Å². The van der Waals surface area contributed by atoms with Gasteiger partial charge in [-0.25, -0.2) is 0 Å². The third kappa shape index (κ3) is 2.32. The fourth-order valence-electron chi connectivity index (χ4n) is 2.42. The van der Waals surface area contributed by atoms with Gasteiger partial charge in [-0.15, -0.1) is 0 Å². The van der Waals surface area contributed by atoms with Crippen molar-refractivity contribution >= 4 is 34.6 Å². The smallest absolute Gasteiger partial charge is 0.0749 e. The van der Waals surface area contributed by atoms with Crippen molar-refractivity contribution < 1.29 is 5.11 Å². The Kier molecular flexibility index (Phi) is 3.71. The fraction of sp³-hybridized carbons (Fsp3) is 0.500. The number of halogens is 2. The van der Waals surface area contributed by atoms with Gasteiger partial charge in [-0.2, -0.15) is 0 Å². The summed E-state index contributed by atoms with van der Waals surface area (Å²) in [4.78, 5) is 2.08. The second-order valence-corrected chi connectivity index (χ2v) is 5.36. The normalized spacial score (nSPS) is 24.4. The van der Waals surface area contributed by atoms with Gasteiger partial charge in [0.15, 0.2) is 0 Å². The molecule has 2 rings (SSSR count). The number of nitrogens with zero attached hydrogens (tertiary/aromatic N) is 1. The van der Waals surface area contributed by atoms with Gasteiger partial charge >= 0.3 is 0 Å². The lowest BCUT2D eigenvalue weighted by atomic mass is 10.0. The highest BCUT2D eigenvalue weighted by Crippen LogP contribution is 2.40. The molecule has 2 unspecified atom stereocenters. The minimum absolute atomic E-state index is 0.0774. The molecule has 0 saturated carbocycles. The van der Waals surface area contributed by atoms with E-state index in [1.54, 1.807) is 12.1 Å². The number of rotatable bonds is 2. The molecule has 0 bridgehead atoms. The summed E-state index contributed by atoms with van der Waals surface area (Å²) in [7, 11) is 0. The highest BCUT2D eigenvalue weighted by molar-refractivity contribution is 6.39. The number of benzene rings is 1. The summed E-state index contributed by atoms with van der Waals surface area (Å²) in [6.45, 7) is 3.09. The van der Waals surface area contributed by atoms with E-state index in [2.05, 4.69) is 11.8 Å². The lowest BCUT2D eigenvalue weighted by Crippen LogP contribution is -2.35. The molecule has 1 aliphatic rings. The summed E-state index contributed by atoms with van der Waals surface area (Å²) in [5, 5.41) is 10.5. The summed E-state index contributed by atoms with van der Waals surface area (Å²) in [5.74, 6) is 0.435. The monoisotopic (exact) mass is 274 g/mol. The van der Waals surface area contributed by atoms with Gasteiger partial charge in [-0.1, -0.05) is 30.1 Å². The molecule has 0 aliphatic carbocycles. The van der Waals surface area contributed by atoms with Crippen LogP contribution >= 0.6 is 23.2 Å². The minimum atomic E-state index is 0.0774. The van der Waals surface area contributed by atoms with Crippen molar-refractivity contribution in [2.75, 3.05) is 23.8 Å². The third-order valence-corrected chi connectivity index (χ3v) is 3.97. The summed E-state index contributed by atoms with van der Waals surface area (Å²) in [6.07, 6.45) is 1.03. The van der Waals surface area contributed by atoms with Crippen LogP contribution in [0, 0.1) is 5.92 Å². The zero-order chi connectivity index (χ0) is 12.6. The number of hydrogen-bond donors (Lipinski definition) is 2. The van der Waals surface area contributed by atoms with Gasteiger partial charge in [0.25, 0.3) is 0 Å². The molecule has 0 radical (unpaired) electrons. The summed E-state index contributed by atoms with van der Waals surface area (Å²) in [6, 6.07) is 3.47. The number of nitrogens with two attached hydrogens (primary N) is 1. The van der Waals surface area contributed by atoms with Crippen LogP contribution in [-0.2, 0) is 0 Å². The standard InChI is InChI=1S/C12H16Cl2N2O/c1-7-2-3-16(11(7)6-17)12-9(13)4-8(15)5-10(12)14/h4-5,7,11,17H,2-3,6,15H2,1H3. The molecule has 94 valence electrons. The quantitative estimate of drug-likeness (QED) is 0.816. The molecule has 2 atom stereocenters. The van der Waals surface area contributed by atoms with Gasteiger partial charge < -0.3 is 15.7 Å². The molecule has 1 aromatic rings. The summed E-state index contributed by atoms with van der Waals surface area (Å²) < 4.78 is 0. The van der Waals surface area contributed by atoms with Crippen molar-refractivity contribution in [1.29, 1.82) is 0 Å². The topological polar surface area (TPSA) is 49.5 Å². The largest absolute Gasteiger partial charge is 0.399 e. The van der Waals surface area contributed by atoms with Gasteiger partial charge in [0.05, 0.1) is 28.4 Å². The van der Waals surface area contributed by atoms with E-state index in [-0.39, 0.29) is 12.6 Å². The van der Waals surface area contributed by atoms with Crippen LogP contribution in [0.4, 0.5) is 11.4 Å². The molecule has 1 saturated heterocycles. The Labute approximate surface area is 111 Å². The molecule has 0 amide bonds. The van der Waals surface area contributed by atoms with E-state index in [1.807, 2.05) is 0 Å². The number of hydrogen-bond acceptors (Lipinski definition) is 3. The Morgan fingerprint density at radius 1 is 1.41 bits per heavy atom. The van der Waals surface area contributed by atoms with Crippen molar-refractivity contribution in [2.24, 2.45) is 5.92 Å². The van der Waals surface area contributed by atoms with Crippen molar-refractivity contribution in [1.82, 2.24) is 0 Å². The van der Waals surface area contributed by atoms with Crippen LogP contribution in [-0.4, -0.2) is 24.3 Å². The molecule has 0 spiro atoms. The Hall–Kier alpha value is -0.640. The Bertz CT molecular complexity index is 402. The van der Waals surface area contributed by atoms with E-state index in [0.717, 1.165) is 18.7 Å². The van der Waals surface area contributed by atoms with Crippen molar-refractivity contribution in [3.63, 3.8) is 0 Å². The maximum atomic E-state index is 9.45. The number of aliphatic hydroxyl groups excluding tert-OH is 1. The average Bonchev–Trinajstić information content (AvgIpc) is 2.58. The van der Waals surface area contributed by atoms with Crippen LogP contribution in [0.2, 0.25) is 10.0 Å². The molecule has 1 fully saturated rings. The SMILES string of the molecule is CC1CCN(c2c(Cl)cc(N)cc2Cl)C1CO. The second-order valence-electron chi connectivity index (χ2n) is 4.54. The number of nitrogen functional groups attached to an aromatic ring is 1. The molecule has 3 nitrogen and oxygen atoms in total. The Morgan fingerprint density at radius 2 is 2.00 bits per heavy atom. The van der Waals surface area contributed by atoms with Crippen molar-refractivity contribution in [3.05, 3.63) is 22.2 Å². The predicted molar refractivity (Wildman–Crippen MR) is 72.9 cm³/mol. The number of anilines is 2. The van der Waals surface area contributed by atoms with E-state index in [9.17, 15) is 5.11 Å². The lowest BCUT2D eigenvalue weighted by molar-refractivity contribution is 0.245. The zero-order valence-electron chi connectivity index (χ0n) is 9.66. The zero-order valence-corrected chi connectivity index (χ0v) is 11.2. The lowest BCUT2D eigenvalue weighted by Gasteiger charge is -2.29. The Balaban J connectivity index is 2.40. The molecule has 5 heteroatoms. The highest BCUT2D eigenvalue weighted by atomic mass is 35.5. The highest BCUT2D eigenvalue weighted by Gasteiger charge is 2.32. The predicted octanol–water partition coefficient (Wildman–Crippen LogP) is 2.78. The molecular weight excluding hydrogens is 259 g/mol. The second kappa shape index (κ2) is 4.92. The maximum Gasteiger partial charge on any atom is 0.0749 e.